The fourth-order valence-electron chi connectivity index (χ4n) is 1.45. The average molecular weight is 238 g/mol. The Bertz CT molecular complexity index is 343. The summed E-state index contributed by atoms with van der Waals surface area (Å²) in [7, 11) is 0. The molecule has 1 rings (SSSR count). The number of hydrogen-bond acceptors (Lipinski definition) is 2. The first-order valence-electron chi connectivity index (χ1n) is 5.47. The molecule has 0 aliphatic rings. The minimum absolute atomic E-state index is 0.113. The number of hydrogen-bond donors (Lipinski definition) is 1. The van der Waals surface area contributed by atoms with Gasteiger partial charge in [-0.25, -0.2) is 0 Å². The maximum absolute atomic E-state index is 10.5. The van der Waals surface area contributed by atoms with E-state index in [1.54, 1.807) is 11.8 Å². The van der Waals surface area contributed by atoms with E-state index in [2.05, 4.69) is 38.1 Å². The summed E-state index contributed by atoms with van der Waals surface area (Å²) in [4.78, 5) is 11.7. The number of carbonyl (C=O) groups is 1. The molecule has 2 nitrogen and oxygen atoms in total. The maximum atomic E-state index is 10.5. The molecule has 0 radical (unpaired) electrons. The van der Waals surface area contributed by atoms with E-state index in [9.17, 15) is 4.79 Å². The molecule has 1 atom stereocenters. The van der Waals surface area contributed by atoms with E-state index < -0.39 is 5.97 Å². The molecule has 0 spiro atoms. The molecule has 0 aliphatic heterocycles. The van der Waals surface area contributed by atoms with E-state index in [1.807, 2.05) is 6.92 Å². The van der Waals surface area contributed by atoms with Crippen LogP contribution >= 0.6 is 11.8 Å². The number of carboxylic acids is 1. The van der Waals surface area contributed by atoms with Crippen LogP contribution in [0.3, 0.4) is 0 Å². The highest BCUT2D eigenvalue weighted by atomic mass is 32.2. The number of thioether (sulfide) groups is 1. The van der Waals surface area contributed by atoms with Crippen LogP contribution in [-0.4, -0.2) is 16.3 Å². The van der Waals surface area contributed by atoms with Crippen LogP contribution in [0.2, 0.25) is 0 Å². The molecule has 1 aromatic carbocycles. The van der Waals surface area contributed by atoms with Gasteiger partial charge in [0.2, 0.25) is 0 Å². The van der Waals surface area contributed by atoms with E-state index in [0.29, 0.717) is 5.92 Å². The van der Waals surface area contributed by atoms with Crippen LogP contribution in [0, 0.1) is 0 Å². The zero-order valence-corrected chi connectivity index (χ0v) is 10.8. The van der Waals surface area contributed by atoms with Gasteiger partial charge in [-0.1, -0.05) is 32.9 Å². The summed E-state index contributed by atoms with van der Waals surface area (Å²) in [5.41, 5.74) is 1.32. The van der Waals surface area contributed by atoms with E-state index in [-0.39, 0.29) is 11.7 Å². The Morgan fingerprint density at radius 2 is 1.81 bits per heavy atom. The molecule has 1 aromatic rings. The Kier molecular flexibility index (Phi) is 4.87. The molecule has 0 saturated carbocycles. The van der Waals surface area contributed by atoms with Crippen LogP contribution in [0.5, 0.6) is 0 Å². The van der Waals surface area contributed by atoms with Crippen LogP contribution in [-0.2, 0) is 4.79 Å². The van der Waals surface area contributed by atoms with Crippen molar-refractivity contribution in [1.82, 2.24) is 0 Å². The SMILES string of the molecule is CC(CC(=O)O)Sc1ccc(C(C)C)cc1. The molecule has 0 heterocycles. The quantitative estimate of drug-likeness (QED) is 0.793. The number of carboxylic acid groups (broad SMARTS) is 1. The van der Waals surface area contributed by atoms with E-state index in [1.165, 1.54) is 5.56 Å². The molecule has 0 saturated heterocycles. The lowest BCUT2D eigenvalue weighted by molar-refractivity contribution is -0.136. The van der Waals surface area contributed by atoms with Crippen molar-refractivity contribution in [3.63, 3.8) is 0 Å². The van der Waals surface area contributed by atoms with Crippen molar-refractivity contribution in [3.8, 4) is 0 Å². The highest BCUT2D eigenvalue weighted by Gasteiger charge is 2.09. The van der Waals surface area contributed by atoms with Crippen LogP contribution in [0.25, 0.3) is 0 Å². The van der Waals surface area contributed by atoms with Crippen molar-refractivity contribution in [2.45, 2.75) is 43.3 Å². The average Bonchev–Trinajstić information content (AvgIpc) is 2.16. The van der Waals surface area contributed by atoms with Gasteiger partial charge in [0.1, 0.15) is 0 Å². The van der Waals surface area contributed by atoms with Gasteiger partial charge in [-0.2, -0.15) is 0 Å². The van der Waals surface area contributed by atoms with Crippen LogP contribution in [0.1, 0.15) is 38.7 Å². The molecule has 0 aliphatic carbocycles. The summed E-state index contributed by atoms with van der Waals surface area (Å²) in [6.45, 7) is 6.26. The molecular weight excluding hydrogens is 220 g/mol. The van der Waals surface area contributed by atoms with Crippen molar-refractivity contribution in [3.05, 3.63) is 29.8 Å². The second-order valence-electron chi connectivity index (χ2n) is 4.25. The zero-order valence-electron chi connectivity index (χ0n) is 9.93. The van der Waals surface area contributed by atoms with Crippen LogP contribution in [0.15, 0.2) is 29.2 Å². The van der Waals surface area contributed by atoms with Gasteiger partial charge in [-0.15, -0.1) is 11.8 Å². The number of aliphatic carboxylic acids is 1. The van der Waals surface area contributed by atoms with E-state index in [4.69, 9.17) is 5.11 Å². The predicted octanol–water partition coefficient (Wildman–Crippen LogP) is 3.77. The highest BCUT2D eigenvalue weighted by Crippen LogP contribution is 2.26. The number of benzene rings is 1. The normalized spacial score (nSPS) is 12.8. The van der Waals surface area contributed by atoms with Crippen molar-refractivity contribution >= 4 is 17.7 Å². The molecule has 16 heavy (non-hydrogen) atoms. The first-order chi connectivity index (χ1) is 7.49. The van der Waals surface area contributed by atoms with Crippen LogP contribution in [0.4, 0.5) is 0 Å². The van der Waals surface area contributed by atoms with Gasteiger partial charge in [0.05, 0.1) is 6.42 Å². The first kappa shape index (κ1) is 13.1. The topological polar surface area (TPSA) is 37.3 Å². The summed E-state index contributed by atoms with van der Waals surface area (Å²) in [5.74, 6) is -0.200. The monoisotopic (exact) mass is 238 g/mol. The molecule has 0 amide bonds. The minimum Gasteiger partial charge on any atom is -0.481 e. The molecule has 0 fully saturated rings. The van der Waals surface area contributed by atoms with Gasteiger partial charge in [0.15, 0.2) is 0 Å². The summed E-state index contributed by atoms with van der Waals surface area (Å²) in [6.07, 6.45) is 0.205. The van der Waals surface area contributed by atoms with Gasteiger partial charge < -0.3 is 5.11 Å². The molecule has 88 valence electrons. The van der Waals surface area contributed by atoms with Gasteiger partial charge in [-0.05, 0) is 23.6 Å². The van der Waals surface area contributed by atoms with Gasteiger partial charge in [-0.3, -0.25) is 4.79 Å². The summed E-state index contributed by atoms with van der Waals surface area (Å²) < 4.78 is 0. The van der Waals surface area contributed by atoms with Crippen molar-refractivity contribution in [1.29, 1.82) is 0 Å². The fourth-order valence-corrected chi connectivity index (χ4v) is 2.43. The van der Waals surface area contributed by atoms with Gasteiger partial charge in [0, 0.05) is 10.1 Å². The zero-order chi connectivity index (χ0) is 12.1. The molecular formula is C13H18O2S. The fraction of sp³-hybridized carbons (Fsp3) is 0.462. The number of rotatable bonds is 5. The largest absolute Gasteiger partial charge is 0.481 e. The third-order valence-corrected chi connectivity index (χ3v) is 3.46. The summed E-state index contributed by atoms with van der Waals surface area (Å²) >= 11 is 1.61. The Labute approximate surface area is 101 Å². The third-order valence-electron chi connectivity index (χ3n) is 2.35. The van der Waals surface area contributed by atoms with E-state index in [0.717, 1.165) is 4.90 Å². The Balaban J connectivity index is 2.58. The molecule has 3 heteroatoms. The van der Waals surface area contributed by atoms with Crippen molar-refractivity contribution in [2.75, 3.05) is 0 Å². The van der Waals surface area contributed by atoms with Gasteiger partial charge in [0.25, 0.3) is 0 Å². The predicted molar refractivity (Wildman–Crippen MR) is 68.1 cm³/mol. The van der Waals surface area contributed by atoms with E-state index >= 15 is 0 Å². The van der Waals surface area contributed by atoms with Crippen LogP contribution < -0.4 is 0 Å². The Morgan fingerprint density at radius 1 is 1.25 bits per heavy atom. The van der Waals surface area contributed by atoms with Crippen molar-refractivity contribution < 1.29 is 9.90 Å². The molecule has 0 aromatic heterocycles. The Hall–Kier alpha value is -0.960. The summed E-state index contributed by atoms with van der Waals surface area (Å²) in [5, 5.41) is 8.78. The molecule has 1 unspecified atom stereocenters. The lowest BCUT2D eigenvalue weighted by Crippen LogP contribution is -2.05. The highest BCUT2D eigenvalue weighted by molar-refractivity contribution is 8.00. The third kappa shape index (κ3) is 4.27. The lowest BCUT2D eigenvalue weighted by Gasteiger charge is -2.10. The Morgan fingerprint density at radius 3 is 2.25 bits per heavy atom. The smallest absolute Gasteiger partial charge is 0.304 e. The first-order valence-corrected chi connectivity index (χ1v) is 6.35. The second kappa shape index (κ2) is 5.94. The van der Waals surface area contributed by atoms with Crippen molar-refractivity contribution in [2.24, 2.45) is 0 Å². The lowest BCUT2D eigenvalue weighted by atomic mass is 10.0. The summed E-state index contributed by atoms with van der Waals surface area (Å²) in [6, 6.07) is 8.36. The van der Waals surface area contributed by atoms with Gasteiger partial charge >= 0.3 is 5.97 Å². The minimum atomic E-state index is -0.737. The molecule has 0 bridgehead atoms. The second-order valence-corrected chi connectivity index (χ2v) is 5.76. The standard InChI is InChI=1S/C13H18O2S/c1-9(2)11-4-6-12(7-5-11)16-10(3)8-13(14)15/h4-7,9-10H,8H2,1-3H3,(H,14,15). The maximum Gasteiger partial charge on any atom is 0.304 e. The molecule has 1 N–H and O–H groups in total.